The molecular weight excluding hydrogens is 180 g/mol. The van der Waals surface area contributed by atoms with E-state index in [1.807, 2.05) is 0 Å². The van der Waals surface area contributed by atoms with Gasteiger partial charge in [-0.05, 0) is 13.0 Å². The van der Waals surface area contributed by atoms with Crippen molar-refractivity contribution in [3.8, 4) is 0 Å². The fourth-order valence-electron chi connectivity index (χ4n) is 1.25. The van der Waals surface area contributed by atoms with Crippen LogP contribution in [0, 0.1) is 0 Å². The molecule has 0 aromatic rings. The highest BCUT2D eigenvalue weighted by molar-refractivity contribution is 4.55. The topological polar surface area (TPSA) is 47.7 Å². The zero-order valence-corrected chi connectivity index (χ0v) is 9.50. The van der Waals surface area contributed by atoms with E-state index in [4.69, 9.17) is 15.2 Å². The van der Waals surface area contributed by atoms with Crippen molar-refractivity contribution in [1.29, 1.82) is 0 Å². The summed E-state index contributed by atoms with van der Waals surface area (Å²) in [6.45, 7) is 8.19. The molecule has 0 heterocycles. The first-order chi connectivity index (χ1) is 6.85. The van der Waals surface area contributed by atoms with Gasteiger partial charge in [0.25, 0.3) is 0 Å². The summed E-state index contributed by atoms with van der Waals surface area (Å²) in [4.78, 5) is 2.33. The molecule has 0 aliphatic heterocycles. The van der Waals surface area contributed by atoms with Crippen LogP contribution in [0.2, 0.25) is 0 Å². The lowest BCUT2D eigenvalue weighted by Gasteiger charge is -2.18. The van der Waals surface area contributed by atoms with Crippen LogP contribution >= 0.6 is 0 Å². The summed E-state index contributed by atoms with van der Waals surface area (Å²) in [6.07, 6.45) is 1.07. The third-order valence-electron chi connectivity index (χ3n) is 2.09. The summed E-state index contributed by atoms with van der Waals surface area (Å²) in [5, 5.41) is 0. The van der Waals surface area contributed by atoms with Crippen LogP contribution in [0.1, 0.15) is 13.3 Å². The Hall–Kier alpha value is -0.160. The van der Waals surface area contributed by atoms with Crippen LogP contribution in [0.4, 0.5) is 0 Å². The van der Waals surface area contributed by atoms with Crippen LogP contribution in [0.5, 0.6) is 0 Å². The van der Waals surface area contributed by atoms with Gasteiger partial charge in [-0.1, -0.05) is 6.92 Å². The normalized spacial score (nSPS) is 11.1. The summed E-state index contributed by atoms with van der Waals surface area (Å²) in [5.41, 5.74) is 5.49. The number of ether oxygens (including phenoxy) is 2. The summed E-state index contributed by atoms with van der Waals surface area (Å²) in [6, 6.07) is 0. The second kappa shape index (κ2) is 10.9. The van der Waals surface area contributed by atoms with E-state index in [1.54, 1.807) is 7.11 Å². The van der Waals surface area contributed by atoms with Crippen LogP contribution < -0.4 is 5.73 Å². The van der Waals surface area contributed by atoms with Gasteiger partial charge < -0.3 is 20.1 Å². The first kappa shape index (κ1) is 13.8. The van der Waals surface area contributed by atoms with E-state index in [2.05, 4.69) is 11.8 Å². The minimum atomic E-state index is 0.681. The zero-order valence-electron chi connectivity index (χ0n) is 9.50. The molecule has 2 N–H and O–H groups in total. The Kier molecular flexibility index (Phi) is 10.8. The van der Waals surface area contributed by atoms with E-state index in [0.29, 0.717) is 13.2 Å². The largest absolute Gasteiger partial charge is 0.382 e. The van der Waals surface area contributed by atoms with E-state index in [0.717, 1.165) is 39.2 Å². The van der Waals surface area contributed by atoms with Crippen molar-refractivity contribution in [3.63, 3.8) is 0 Å². The molecule has 0 saturated heterocycles. The van der Waals surface area contributed by atoms with E-state index >= 15 is 0 Å². The maximum absolute atomic E-state index is 5.49. The summed E-state index contributed by atoms with van der Waals surface area (Å²) >= 11 is 0. The fraction of sp³-hybridized carbons (Fsp3) is 1.00. The molecule has 86 valence electrons. The molecule has 0 unspecified atom stereocenters. The molecule has 0 rings (SSSR count). The summed E-state index contributed by atoms with van der Waals surface area (Å²) in [7, 11) is 1.68. The molecule has 4 nitrogen and oxygen atoms in total. The monoisotopic (exact) mass is 204 g/mol. The van der Waals surface area contributed by atoms with Crippen molar-refractivity contribution in [2.45, 2.75) is 13.3 Å². The van der Waals surface area contributed by atoms with Crippen LogP contribution in [0.3, 0.4) is 0 Å². The fourth-order valence-corrected chi connectivity index (χ4v) is 1.25. The number of rotatable bonds is 10. The maximum atomic E-state index is 5.49. The van der Waals surface area contributed by atoms with Gasteiger partial charge in [0.05, 0.1) is 13.2 Å². The summed E-state index contributed by atoms with van der Waals surface area (Å²) < 4.78 is 10.2. The van der Waals surface area contributed by atoms with E-state index in [9.17, 15) is 0 Å². The van der Waals surface area contributed by atoms with Gasteiger partial charge in [-0.15, -0.1) is 0 Å². The Bertz CT molecular complexity index is 112. The molecule has 0 aromatic heterocycles. The predicted molar refractivity (Wildman–Crippen MR) is 58.5 cm³/mol. The minimum Gasteiger partial charge on any atom is -0.382 e. The lowest BCUT2D eigenvalue weighted by molar-refractivity contribution is 0.0656. The number of hydrogen-bond donors (Lipinski definition) is 1. The van der Waals surface area contributed by atoms with Crippen LogP contribution in [0.25, 0.3) is 0 Å². The highest BCUT2D eigenvalue weighted by atomic mass is 16.5. The molecule has 0 spiro atoms. The standard InChI is InChI=1S/C10H24N2O2/c1-3-12(7-5-11)6-4-8-14-10-9-13-2/h3-11H2,1-2H3. The number of likely N-dealkylation sites (N-methyl/N-ethyl adjacent to an activating group) is 1. The smallest absolute Gasteiger partial charge is 0.0700 e. The molecule has 0 amide bonds. The molecule has 0 bridgehead atoms. The molecule has 14 heavy (non-hydrogen) atoms. The molecule has 0 atom stereocenters. The Morgan fingerprint density at radius 1 is 1.14 bits per heavy atom. The minimum absolute atomic E-state index is 0.681. The molecule has 4 heteroatoms. The first-order valence-electron chi connectivity index (χ1n) is 5.34. The highest BCUT2D eigenvalue weighted by Crippen LogP contribution is 1.91. The molecular formula is C10H24N2O2. The van der Waals surface area contributed by atoms with E-state index < -0.39 is 0 Å². The van der Waals surface area contributed by atoms with Gasteiger partial charge in [0.15, 0.2) is 0 Å². The van der Waals surface area contributed by atoms with Crippen molar-refractivity contribution in [3.05, 3.63) is 0 Å². The first-order valence-corrected chi connectivity index (χ1v) is 5.34. The van der Waals surface area contributed by atoms with Crippen molar-refractivity contribution in [2.24, 2.45) is 5.73 Å². The third kappa shape index (κ3) is 8.44. The maximum Gasteiger partial charge on any atom is 0.0700 e. The number of nitrogens with zero attached hydrogens (tertiary/aromatic N) is 1. The molecule has 0 aliphatic rings. The number of nitrogens with two attached hydrogens (primary N) is 1. The zero-order chi connectivity index (χ0) is 10.6. The van der Waals surface area contributed by atoms with Gasteiger partial charge in [0.2, 0.25) is 0 Å². The van der Waals surface area contributed by atoms with E-state index in [1.165, 1.54) is 0 Å². The average molecular weight is 204 g/mol. The second-order valence-corrected chi connectivity index (χ2v) is 3.18. The Labute approximate surface area is 87.4 Å². The molecule has 0 aromatic carbocycles. The van der Waals surface area contributed by atoms with Gasteiger partial charge in [-0.3, -0.25) is 0 Å². The van der Waals surface area contributed by atoms with Gasteiger partial charge in [-0.25, -0.2) is 0 Å². The predicted octanol–water partition coefficient (Wildman–Crippen LogP) is 0.320. The second-order valence-electron chi connectivity index (χ2n) is 3.18. The van der Waals surface area contributed by atoms with Gasteiger partial charge in [-0.2, -0.15) is 0 Å². The molecule has 0 fully saturated rings. The number of methoxy groups -OCH3 is 1. The highest BCUT2D eigenvalue weighted by Gasteiger charge is 1.99. The van der Waals surface area contributed by atoms with Crippen LogP contribution in [0.15, 0.2) is 0 Å². The van der Waals surface area contributed by atoms with Crippen molar-refractivity contribution in [1.82, 2.24) is 4.90 Å². The Morgan fingerprint density at radius 3 is 2.50 bits per heavy atom. The third-order valence-corrected chi connectivity index (χ3v) is 2.09. The molecule has 0 aliphatic carbocycles. The lowest BCUT2D eigenvalue weighted by Crippen LogP contribution is -2.30. The number of hydrogen-bond acceptors (Lipinski definition) is 4. The average Bonchev–Trinajstić information content (AvgIpc) is 2.21. The Morgan fingerprint density at radius 2 is 1.93 bits per heavy atom. The quantitative estimate of drug-likeness (QED) is 0.521. The van der Waals surface area contributed by atoms with Crippen LogP contribution in [-0.2, 0) is 9.47 Å². The van der Waals surface area contributed by atoms with E-state index in [-0.39, 0.29) is 0 Å². The van der Waals surface area contributed by atoms with Crippen molar-refractivity contribution < 1.29 is 9.47 Å². The Balaban J connectivity index is 3.15. The summed E-state index contributed by atoms with van der Waals surface area (Å²) in [5.74, 6) is 0. The van der Waals surface area contributed by atoms with Crippen LogP contribution in [-0.4, -0.2) is 58.0 Å². The van der Waals surface area contributed by atoms with Gasteiger partial charge >= 0.3 is 0 Å². The molecule has 0 saturated carbocycles. The SMILES string of the molecule is CCN(CCN)CCCOCCOC. The van der Waals surface area contributed by atoms with Gasteiger partial charge in [0.1, 0.15) is 0 Å². The lowest BCUT2D eigenvalue weighted by atomic mass is 10.4. The van der Waals surface area contributed by atoms with Crippen molar-refractivity contribution in [2.75, 3.05) is 53.1 Å². The van der Waals surface area contributed by atoms with Crippen molar-refractivity contribution >= 4 is 0 Å². The van der Waals surface area contributed by atoms with Gasteiger partial charge in [0, 0.05) is 33.4 Å². The molecule has 0 radical (unpaired) electrons.